The second-order valence-electron chi connectivity index (χ2n) is 7.94. The number of hydrogen-bond donors (Lipinski definition) is 0. The molecule has 0 atom stereocenters. The molecule has 0 N–H and O–H groups in total. The first kappa shape index (κ1) is 20.7. The zero-order chi connectivity index (χ0) is 20.9. The van der Waals surface area contributed by atoms with Crippen LogP contribution in [0.4, 0.5) is 0 Å². The van der Waals surface area contributed by atoms with Gasteiger partial charge in [0.1, 0.15) is 23.7 Å². The minimum atomic E-state index is -0.532. The average Bonchev–Trinajstić information content (AvgIpc) is 2.69. The second kappa shape index (κ2) is 8.99. The number of ether oxygens (including phenoxy) is 3. The van der Waals surface area contributed by atoms with Crippen molar-refractivity contribution in [3.8, 4) is 11.5 Å². The summed E-state index contributed by atoms with van der Waals surface area (Å²) in [5.41, 5.74) is 1.90. The van der Waals surface area contributed by atoms with Gasteiger partial charge in [-0.3, -0.25) is 0 Å². The topological polar surface area (TPSA) is 44.8 Å². The molecule has 0 saturated heterocycles. The molecule has 0 saturated carbocycles. The van der Waals surface area contributed by atoms with Gasteiger partial charge in [0.05, 0.1) is 0 Å². The smallest absolute Gasteiger partial charge is 0.344 e. The molecule has 4 heteroatoms. The Morgan fingerprint density at radius 3 is 1.90 bits per heavy atom. The van der Waals surface area contributed by atoms with E-state index in [9.17, 15) is 4.79 Å². The lowest BCUT2D eigenvalue weighted by molar-refractivity contribution is -0.157. The minimum absolute atomic E-state index is 0.134. The van der Waals surface area contributed by atoms with Gasteiger partial charge in [0, 0.05) is 10.8 Å². The van der Waals surface area contributed by atoms with E-state index < -0.39 is 11.6 Å². The monoisotopic (exact) mass is 392 g/mol. The fourth-order valence-corrected chi connectivity index (χ4v) is 3.04. The third-order valence-electron chi connectivity index (χ3n) is 4.43. The van der Waals surface area contributed by atoms with Crippen LogP contribution in [0.3, 0.4) is 0 Å². The van der Waals surface area contributed by atoms with Crippen LogP contribution in [0, 0.1) is 0 Å². The summed E-state index contributed by atoms with van der Waals surface area (Å²) in [6.45, 7) is 8.01. The molecule has 3 aromatic carbocycles. The second-order valence-corrected chi connectivity index (χ2v) is 7.94. The molecule has 3 aromatic rings. The number of benzene rings is 3. The Morgan fingerprint density at radius 2 is 1.34 bits per heavy atom. The quantitative estimate of drug-likeness (QED) is 0.484. The van der Waals surface area contributed by atoms with Crippen molar-refractivity contribution in [3.05, 3.63) is 71.8 Å². The van der Waals surface area contributed by atoms with Gasteiger partial charge in [-0.25, -0.2) is 4.79 Å². The fourth-order valence-electron chi connectivity index (χ4n) is 3.04. The predicted molar refractivity (Wildman–Crippen MR) is 115 cm³/mol. The van der Waals surface area contributed by atoms with E-state index in [0.717, 1.165) is 28.5 Å². The predicted octanol–water partition coefficient (Wildman–Crippen LogP) is 5.70. The Kier molecular flexibility index (Phi) is 6.42. The average molecular weight is 392 g/mol. The summed E-state index contributed by atoms with van der Waals surface area (Å²) in [7, 11) is 0. The molecule has 0 bridgehead atoms. The minimum Gasteiger partial charge on any atom is -0.488 e. The van der Waals surface area contributed by atoms with Crippen molar-refractivity contribution >= 4 is 16.7 Å². The van der Waals surface area contributed by atoms with E-state index in [4.69, 9.17) is 14.2 Å². The van der Waals surface area contributed by atoms with Crippen molar-refractivity contribution in [2.75, 3.05) is 6.61 Å². The van der Waals surface area contributed by atoms with E-state index >= 15 is 0 Å². The molecule has 0 aliphatic carbocycles. The van der Waals surface area contributed by atoms with Crippen molar-refractivity contribution in [2.24, 2.45) is 0 Å². The third-order valence-corrected chi connectivity index (χ3v) is 4.43. The zero-order valence-corrected chi connectivity index (χ0v) is 17.5. The van der Waals surface area contributed by atoms with Crippen LogP contribution in [0.1, 0.15) is 38.8 Å². The van der Waals surface area contributed by atoms with Crippen LogP contribution in [-0.4, -0.2) is 18.2 Å². The Morgan fingerprint density at radius 1 is 0.793 bits per heavy atom. The third kappa shape index (κ3) is 5.74. The van der Waals surface area contributed by atoms with Crippen LogP contribution >= 0.6 is 0 Å². The molecule has 0 aliphatic rings. The van der Waals surface area contributed by atoms with Gasteiger partial charge in [-0.05, 0) is 50.5 Å². The van der Waals surface area contributed by atoms with Crippen molar-refractivity contribution < 1.29 is 19.0 Å². The Bertz CT molecular complexity index is 968. The number of aryl methyl sites for hydroxylation is 1. The lowest BCUT2D eigenvalue weighted by Crippen LogP contribution is -2.27. The van der Waals surface area contributed by atoms with Crippen LogP contribution in [-0.2, 0) is 22.6 Å². The molecule has 152 valence electrons. The highest BCUT2D eigenvalue weighted by atomic mass is 16.6. The maximum Gasteiger partial charge on any atom is 0.344 e. The van der Waals surface area contributed by atoms with Gasteiger partial charge >= 0.3 is 5.97 Å². The van der Waals surface area contributed by atoms with Gasteiger partial charge < -0.3 is 14.2 Å². The summed E-state index contributed by atoms with van der Waals surface area (Å²) in [4.78, 5) is 12.0. The highest BCUT2D eigenvalue weighted by molar-refractivity contribution is 5.93. The molecular weight excluding hydrogens is 364 g/mol. The Labute approximate surface area is 172 Å². The molecule has 0 heterocycles. The molecule has 0 radical (unpaired) electrons. The molecular formula is C25H28O4. The Balaban J connectivity index is 1.73. The van der Waals surface area contributed by atoms with E-state index in [-0.39, 0.29) is 6.61 Å². The van der Waals surface area contributed by atoms with Gasteiger partial charge in [0.2, 0.25) is 0 Å². The number of rotatable bonds is 7. The fraction of sp³-hybridized carbons (Fsp3) is 0.320. The molecule has 29 heavy (non-hydrogen) atoms. The highest BCUT2D eigenvalue weighted by Crippen LogP contribution is 2.32. The summed E-state index contributed by atoms with van der Waals surface area (Å²) >= 11 is 0. The summed E-state index contributed by atoms with van der Waals surface area (Å²) in [6, 6.07) is 20.0. The molecule has 0 unspecified atom stereocenters. The first-order valence-corrected chi connectivity index (χ1v) is 9.93. The summed E-state index contributed by atoms with van der Waals surface area (Å²) in [6.07, 6.45) is 1.02. The van der Waals surface area contributed by atoms with Crippen LogP contribution in [0.2, 0.25) is 0 Å². The summed E-state index contributed by atoms with van der Waals surface area (Å²) in [5, 5.41) is 1.84. The number of carbonyl (C=O) groups is 1. The molecule has 0 aliphatic heterocycles. The van der Waals surface area contributed by atoms with Gasteiger partial charge in [-0.2, -0.15) is 0 Å². The van der Waals surface area contributed by atoms with Gasteiger partial charge in [-0.1, -0.05) is 55.5 Å². The first-order chi connectivity index (χ1) is 13.9. The maximum absolute atomic E-state index is 12.0. The van der Waals surface area contributed by atoms with Crippen molar-refractivity contribution in [2.45, 2.75) is 46.3 Å². The molecule has 3 rings (SSSR count). The zero-order valence-electron chi connectivity index (χ0n) is 17.5. The number of carbonyl (C=O) groups excluding carboxylic acids is 1. The van der Waals surface area contributed by atoms with Gasteiger partial charge in [0.25, 0.3) is 0 Å². The highest BCUT2D eigenvalue weighted by Gasteiger charge is 2.17. The first-order valence-electron chi connectivity index (χ1n) is 9.93. The van der Waals surface area contributed by atoms with E-state index in [1.54, 1.807) is 0 Å². The molecule has 0 aromatic heterocycles. The summed E-state index contributed by atoms with van der Waals surface area (Å²) in [5.74, 6) is 1.02. The largest absolute Gasteiger partial charge is 0.488 e. The maximum atomic E-state index is 12.0. The van der Waals surface area contributed by atoms with Crippen LogP contribution < -0.4 is 9.47 Å². The SMILES string of the molecule is CCc1ccc(COc2cccc3c(OCC(=O)OC(C)(C)C)cccc23)cc1. The van der Waals surface area contributed by atoms with Gasteiger partial charge in [-0.15, -0.1) is 0 Å². The lowest BCUT2D eigenvalue weighted by atomic mass is 10.1. The van der Waals surface area contributed by atoms with Gasteiger partial charge in [0.15, 0.2) is 6.61 Å². The molecule has 0 fully saturated rings. The van der Waals surface area contributed by atoms with Crippen LogP contribution in [0.5, 0.6) is 11.5 Å². The molecule has 4 nitrogen and oxygen atoms in total. The van der Waals surface area contributed by atoms with E-state index in [1.165, 1.54) is 5.56 Å². The van der Waals surface area contributed by atoms with Crippen molar-refractivity contribution in [3.63, 3.8) is 0 Å². The number of esters is 1. The van der Waals surface area contributed by atoms with Crippen molar-refractivity contribution in [1.82, 2.24) is 0 Å². The van der Waals surface area contributed by atoms with Crippen molar-refractivity contribution in [1.29, 1.82) is 0 Å². The molecule has 0 amide bonds. The van der Waals surface area contributed by atoms with E-state index in [1.807, 2.05) is 57.2 Å². The van der Waals surface area contributed by atoms with E-state index in [2.05, 4.69) is 31.2 Å². The normalized spacial score (nSPS) is 11.3. The number of fused-ring (bicyclic) bond motifs is 1. The van der Waals surface area contributed by atoms with Crippen LogP contribution in [0.15, 0.2) is 60.7 Å². The number of hydrogen-bond acceptors (Lipinski definition) is 4. The summed E-state index contributed by atoms with van der Waals surface area (Å²) < 4.78 is 17.1. The molecule has 0 spiro atoms. The van der Waals surface area contributed by atoms with Crippen LogP contribution in [0.25, 0.3) is 10.8 Å². The Hall–Kier alpha value is -3.01. The standard InChI is InChI=1S/C25H28O4/c1-5-18-12-14-19(15-13-18)16-27-22-10-6-9-21-20(22)8-7-11-23(21)28-17-24(26)29-25(2,3)4/h6-15H,5,16-17H2,1-4H3. The lowest BCUT2D eigenvalue weighted by Gasteiger charge is -2.19. The van der Waals surface area contributed by atoms with E-state index in [0.29, 0.717) is 12.4 Å².